The molecule has 4 rings (SSSR count). The molecule has 124 valence electrons. The van der Waals surface area contributed by atoms with Crippen LogP contribution < -0.4 is 14.8 Å². The van der Waals surface area contributed by atoms with E-state index in [-0.39, 0.29) is 0 Å². The lowest BCUT2D eigenvalue weighted by Gasteiger charge is -2.12. The predicted octanol–water partition coefficient (Wildman–Crippen LogP) is 2.91. The summed E-state index contributed by atoms with van der Waals surface area (Å²) in [4.78, 5) is 4.71. The van der Waals surface area contributed by atoms with Gasteiger partial charge < -0.3 is 14.8 Å². The molecule has 3 aromatic rings. The summed E-state index contributed by atoms with van der Waals surface area (Å²) in [6.45, 7) is 4.02. The molecule has 0 unspecified atom stereocenters. The Morgan fingerprint density at radius 2 is 2.25 bits per heavy atom. The molecule has 1 N–H and O–H groups in total. The van der Waals surface area contributed by atoms with E-state index in [1.54, 1.807) is 17.5 Å². The van der Waals surface area contributed by atoms with Crippen LogP contribution in [0.4, 0.5) is 0 Å². The highest BCUT2D eigenvalue weighted by Crippen LogP contribution is 2.36. The Balaban J connectivity index is 1.38. The van der Waals surface area contributed by atoms with Gasteiger partial charge in [-0.2, -0.15) is 5.10 Å². The number of rotatable bonds is 6. The standard InChI is InChI=1S/C17H18N4O2S/c1-12(9-21-6-2-5-19-21)18-8-14-10-24-17(20-14)13-3-4-15-16(7-13)23-11-22-15/h2-7,10,12,18H,8-9,11H2,1H3/t12-/m0/s1. The first-order valence-corrected chi connectivity index (χ1v) is 8.71. The second-order valence-corrected chi connectivity index (χ2v) is 6.58. The van der Waals surface area contributed by atoms with Crippen molar-refractivity contribution in [2.75, 3.05) is 6.79 Å². The largest absolute Gasteiger partial charge is 0.454 e. The normalized spacial score (nSPS) is 14.0. The fraction of sp³-hybridized carbons (Fsp3) is 0.294. The van der Waals surface area contributed by atoms with Crippen molar-refractivity contribution in [1.29, 1.82) is 0 Å². The minimum absolute atomic E-state index is 0.292. The molecule has 0 amide bonds. The zero-order valence-corrected chi connectivity index (χ0v) is 14.1. The number of aromatic nitrogens is 3. The van der Waals surface area contributed by atoms with Crippen molar-refractivity contribution in [3.8, 4) is 22.1 Å². The van der Waals surface area contributed by atoms with E-state index in [4.69, 9.17) is 14.5 Å². The molecule has 1 atom stereocenters. The third-order valence-corrected chi connectivity index (χ3v) is 4.76. The summed E-state index contributed by atoms with van der Waals surface area (Å²) in [5.41, 5.74) is 2.10. The maximum absolute atomic E-state index is 5.43. The molecule has 0 bridgehead atoms. The number of ether oxygens (including phenoxy) is 2. The van der Waals surface area contributed by atoms with Crippen molar-refractivity contribution in [2.45, 2.75) is 26.1 Å². The van der Waals surface area contributed by atoms with Crippen LogP contribution >= 0.6 is 11.3 Å². The SMILES string of the molecule is C[C@@H](Cn1cccn1)NCc1csc(-c2ccc3c(c2)OCO3)n1. The molecular weight excluding hydrogens is 324 g/mol. The van der Waals surface area contributed by atoms with E-state index < -0.39 is 0 Å². The van der Waals surface area contributed by atoms with Gasteiger partial charge in [0.05, 0.1) is 12.2 Å². The van der Waals surface area contributed by atoms with Crippen molar-refractivity contribution in [3.63, 3.8) is 0 Å². The number of thiazole rings is 1. The molecule has 1 aliphatic rings. The van der Waals surface area contributed by atoms with Crippen molar-refractivity contribution >= 4 is 11.3 Å². The zero-order valence-electron chi connectivity index (χ0n) is 13.3. The molecule has 7 heteroatoms. The predicted molar refractivity (Wildman–Crippen MR) is 92.2 cm³/mol. The highest BCUT2D eigenvalue weighted by atomic mass is 32.1. The second kappa shape index (κ2) is 6.62. The van der Waals surface area contributed by atoms with E-state index in [1.165, 1.54) is 0 Å². The van der Waals surface area contributed by atoms with Gasteiger partial charge in [-0.05, 0) is 31.2 Å². The molecule has 24 heavy (non-hydrogen) atoms. The van der Waals surface area contributed by atoms with E-state index in [0.717, 1.165) is 40.9 Å². The number of hydrogen-bond acceptors (Lipinski definition) is 6. The van der Waals surface area contributed by atoms with Gasteiger partial charge in [0.15, 0.2) is 11.5 Å². The first kappa shape index (κ1) is 15.2. The van der Waals surface area contributed by atoms with Gasteiger partial charge in [-0.15, -0.1) is 11.3 Å². The second-order valence-electron chi connectivity index (χ2n) is 5.72. The third kappa shape index (κ3) is 3.27. The van der Waals surface area contributed by atoms with Crippen LogP contribution in [-0.4, -0.2) is 27.6 Å². The number of nitrogens with one attached hydrogen (secondary N) is 1. The van der Waals surface area contributed by atoms with Crippen LogP contribution in [0.3, 0.4) is 0 Å². The third-order valence-electron chi connectivity index (χ3n) is 3.82. The molecule has 3 heterocycles. The molecule has 1 aromatic carbocycles. The van der Waals surface area contributed by atoms with E-state index in [0.29, 0.717) is 12.8 Å². The summed E-state index contributed by atoms with van der Waals surface area (Å²) in [6, 6.07) is 8.19. The van der Waals surface area contributed by atoms with Crippen LogP contribution in [0, 0.1) is 0 Å². The Hall–Kier alpha value is -2.38. The highest BCUT2D eigenvalue weighted by molar-refractivity contribution is 7.13. The van der Waals surface area contributed by atoms with Crippen molar-refractivity contribution < 1.29 is 9.47 Å². The summed E-state index contributed by atoms with van der Waals surface area (Å²) in [6.07, 6.45) is 3.77. The van der Waals surface area contributed by atoms with E-state index in [9.17, 15) is 0 Å². The average molecular weight is 342 g/mol. The van der Waals surface area contributed by atoms with Crippen molar-refractivity contribution in [3.05, 3.63) is 47.7 Å². The monoisotopic (exact) mass is 342 g/mol. The van der Waals surface area contributed by atoms with Crippen molar-refractivity contribution in [1.82, 2.24) is 20.1 Å². The summed E-state index contributed by atoms with van der Waals surface area (Å²) < 4.78 is 12.7. The summed E-state index contributed by atoms with van der Waals surface area (Å²) in [5.74, 6) is 1.58. The molecule has 0 fully saturated rings. The lowest BCUT2D eigenvalue weighted by molar-refractivity contribution is 0.174. The van der Waals surface area contributed by atoms with Crippen LogP contribution in [0.2, 0.25) is 0 Å². The molecule has 6 nitrogen and oxygen atoms in total. The summed E-state index contributed by atoms with van der Waals surface area (Å²) in [5, 5.41) is 10.8. The van der Waals surface area contributed by atoms with Crippen LogP contribution in [0.25, 0.3) is 10.6 Å². The van der Waals surface area contributed by atoms with Gasteiger partial charge in [0.25, 0.3) is 0 Å². The molecule has 0 aliphatic carbocycles. The molecule has 0 spiro atoms. The molecule has 0 saturated heterocycles. The summed E-state index contributed by atoms with van der Waals surface area (Å²) in [7, 11) is 0. The minimum atomic E-state index is 0.292. The number of benzene rings is 1. The number of fused-ring (bicyclic) bond motifs is 1. The quantitative estimate of drug-likeness (QED) is 0.746. The van der Waals surface area contributed by atoms with Gasteiger partial charge in [0.1, 0.15) is 5.01 Å². The van der Waals surface area contributed by atoms with Gasteiger partial charge in [-0.1, -0.05) is 0 Å². The smallest absolute Gasteiger partial charge is 0.231 e. The first-order valence-electron chi connectivity index (χ1n) is 7.83. The first-order chi connectivity index (χ1) is 11.8. The Bertz CT molecular complexity index is 816. The van der Waals surface area contributed by atoms with Crippen molar-refractivity contribution in [2.24, 2.45) is 0 Å². The van der Waals surface area contributed by atoms with Gasteiger partial charge in [0.2, 0.25) is 6.79 Å². The van der Waals surface area contributed by atoms with Crippen LogP contribution in [0.1, 0.15) is 12.6 Å². The van der Waals surface area contributed by atoms with E-state index >= 15 is 0 Å². The Labute approximate surface area is 144 Å². The van der Waals surface area contributed by atoms with Crippen LogP contribution in [-0.2, 0) is 13.1 Å². The van der Waals surface area contributed by atoms with E-state index in [1.807, 2.05) is 35.1 Å². The average Bonchev–Trinajstić information content (AvgIpc) is 3.33. The lowest BCUT2D eigenvalue weighted by atomic mass is 10.2. The molecule has 0 radical (unpaired) electrons. The van der Waals surface area contributed by atoms with Gasteiger partial charge in [0, 0.05) is 35.9 Å². The number of hydrogen-bond donors (Lipinski definition) is 1. The Kier molecular flexibility index (Phi) is 4.18. The molecule has 1 aliphatic heterocycles. The molecular formula is C17H18N4O2S. The topological polar surface area (TPSA) is 61.2 Å². The highest BCUT2D eigenvalue weighted by Gasteiger charge is 2.15. The van der Waals surface area contributed by atoms with Gasteiger partial charge >= 0.3 is 0 Å². The van der Waals surface area contributed by atoms with Crippen LogP contribution in [0.5, 0.6) is 11.5 Å². The summed E-state index contributed by atoms with van der Waals surface area (Å²) >= 11 is 1.64. The fourth-order valence-electron chi connectivity index (χ4n) is 2.58. The lowest BCUT2D eigenvalue weighted by Crippen LogP contribution is -2.30. The maximum atomic E-state index is 5.43. The zero-order chi connectivity index (χ0) is 16.4. The van der Waals surface area contributed by atoms with E-state index in [2.05, 4.69) is 22.7 Å². The molecule has 0 saturated carbocycles. The van der Waals surface area contributed by atoms with Gasteiger partial charge in [-0.25, -0.2) is 4.98 Å². The minimum Gasteiger partial charge on any atom is -0.454 e. The maximum Gasteiger partial charge on any atom is 0.231 e. The fourth-order valence-corrected chi connectivity index (χ4v) is 3.40. The Morgan fingerprint density at radius 1 is 1.33 bits per heavy atom. The van der Waals surface area contributed by atoms with Gasteiger partial charge in [-0.3, -0.25) is 4.68 Å². The Morgan fingerprint density at radius 3 is 3.12 bits per heavy atom. The molecule has 2 aromatic heterocycles. The van der Waals surface area contributed by atoms with Crippen LogP contribution in [0.15, 0.2) is 42.0 Å². The number of nitrogens with zero attached hydrogens (tertiary/aromatic N) is 3.